The van der Waals surface area contributed by atoms with E-state index in [0.717, 1.165) is 0 Å². The van der Waals surface area contributed by atoms with Crippen molar-refractivity contribution in [2.45, 2.75) is 5.38 Å². The first-order valence-corrected chi connectivity index (χ1v) is 7.10. The SMILES string of the molecule is O=C(Nc1ccc2occc(=O)c2c1)C(Cl)c1ccccc1. The number of alkyl halides is 1. The fraction of sp³-hybridized carbons (Fsp3) is 0.0588. The number of fused-ring (bicyclic) bond motifs is 1. The summed E-state index contributed by atoms with van der Waals surface area (Å²) in [7, 11) is 0. The van der Waals surface area contributed by atoms with E-state index >= 15 is 0 Å². The van der Waals surface area contributed by atoms with Crippen molar-refractivity contribution in [2.24, 2.45) is 0 Å². The maximum absolute atomic E-state index is 12.2. The molecule has 5 heteroatoms. The van der Waals surface area contributed by atoms with Crippen molar-refractivity contribution in [2.75, 3.05) is 5.32 Å². The zero-order chi connectivity index (χ0) is 15.5. The number of hydrogen-bond donors (Lipinski definition) is 1. The third kappa shape index (κ3) is 2.87. The van der Waals surface area contributed by atoms with Crippen molar-refractivity contribution in [1.82, 2.24) is 0 Å². The second-order valence-electron chi connectivity index (χ2n) is 4.76. The second kappa shape index (κ2) is 6.03. The van der Waals surface area contributed by atoms with E-state index < -0.39 is 5.38 Å². The minimum Gasteiger partial charge on any atom is -0.464 e. The molecule has 4 nitrogen and oxygen atoms in total. The highest BCUT2D eigenvalue weighted by Gasteiger charge is 2.17. The molecule has 0 bridgehead atoms. The van der Waals surface area contributed by atoms with Crippen LogP contribution in [0.25, 0.3) is 11.0 Å². The Hall–Kier alpha value is -2.59. The molecule has 2 aromatic carbocycles. The van der Waals surface area contributed by atoms with Gasteiger partial charge in [0.25, 0.3) is 0 Å². The molecule has 3 rings (SSSR count). The van der Waals surface area contributed by atoms with E-state index in [4.69, 9.17) is 16.0 Å². The minimum atomic E-state index is -0.802. The summed E-state index contributed by atoms with van der Waals surface area (Å²) in [6.45, 7) is 0. The highest BCUT2D eigenvalue weighted by Crippen LogP contribution is 2.23. The summed E-state index contributed by atoms with van der Waals surface area (Å²) in [5, 5.41) is 2.31. The summed E-state index contributed by atoms with van der Waals surface area (Å²) in [5.74, 6) is -0.354. The Bertz CT molecular complexity index is 874. The van der Waals surface area contributed by atoms with E-state index in [0.29, 0.717) is 22.2 Å². The van der Waals surface area contributed by atoms with Gasteiger partial charge in [-0.25, -0.2) is 0 Å². The summed E-state index contributed by atoms with van der Waals surface area (Å²) >= 11 is 6.16. The highest BCUT2D eigenvalue weighted by molar-refractivity contribution is 6.32. The van der Waals surface area contributed by atoms with Crippen LogP contribution in [0.1, 0.15) is 10.9 Å². The quantitative estimate of drug-likeness (QED) is 0.750. The summed E-state index contributed by atoms with van der Waals surface area (Å²) in [6.07, 6.45) is 1.34. The maximum Gasteiger partial charge on any atom is 0.246 e. The maximum atomic E-state index is 12.2. The zero-order valence-electron chi connectivity index (χ0n) is 11.5. The number of amides is 1. The number of anilines is 1. The van der Waals surface area contributed by atoms with Gasteiger partial charge >= 0.3 is 0 Å². The predicted octanol–water partition coefficient (Wildman–Crippen LogP) is 3.71. The van der Waals surface area contributed by atoms with Gasteiger partial charge in [-0.05, 0) is 23.8 Å². The summed E-state index contributed by atoms with van der Waals surface area (Å²) in [5.41, 5.74) is 1.51. The topological polar surface area (TPSA) is 59.3 Å². The van der Waals surface area contributed by atoms with E-state index in [9.17, 15) is 9.59 Å². The number of rotatable bonds is 3. The van der Waals surface area contributed by atoms with Gasteiger partial charge in [0, 0.05) is 11.8 Å². The molecule has 22 heavy (non-hydrogen) atoms. The molecule has 0 aliphatic carbocycles. The molecule has 1 N–H and O–H groups in total. The third-order valence-corrected chi connectivity index (χ3v) is 3.70. The van der Waals surface area contributed by atoms with Gasteiger partial charge in [0.2, 0.25) is 5.91 Å². The van der Waals surface area contributed by atoms with Crippen LogP contribution in [0.2, 0.25) is 0 Å². The third-order valence-electron chi connectivity index (χ3n) is 3.25. The Morgan fingerprint density at radius 3 is 2.64 bits per heavy atom. The van der Waals surface area contributed by atoms with Gasteiger partial charge < -0.3 is 9.73 Å². The van der Waals surface area contributed by atoms with Crippen LogP contribution in [0.4, 0.5) is 5.69 Å². The molecule has 0 saturated carbocycles. The number of carbonyl (C=O) groups is 1. The molecule has 0 spiro atoms. The van der Waals surface area contributed by atoms with Gasteiger partial charge in [0.1, 0.15) is 11.0 Å². The molecule has 0 aliphatic heterocycles. The Labute approximate surface area is 131 Å². The molecule has 1 heterocycles. The van der Waals surface area contributed by atoms with E-state index in [2.05, 4.69) is 5.32 Å². The molecule has 1 unspecified atom stereocenters. The molecular weight excluding hydrogens is 302 g/mol. The lowest BCUT2D eigenvalue weighted by atomic mass is 10.1. The molecule has 0 fully saturated rings. The van der Waals surface area contributed by atoms with Crippen molar-refractivity contribution in [3.8, 4) is 0 Å². The first-order chi connectivity index (χ1) is 10.6. The molecule has 0 saturated heterocycles. The standard InChI is InChI=1S/C17H12ClNO3/c18-16(11-4-2-1-3-5-11)17(21)19-12-6-7-15-13(10-12)14(20)8-9-22-15/h1-10,16H,(H,19,21). The molecule has 1 aromatic heterocycles. The normalized spacial score (nSPS) is 12.0. The van der Waals surface area contributed by atoms with Gasteiger partial charge in [0.05, 0.1) is 11.6 Å². The summed E-state index contributed by atoms with van der Waals surface area (Å²) in [6, 6.07) is 15.3. The highest BCUT2D eigenvalue weighted by atomic mass is 35.5. The fourth-order valence-corrected chi connectivity index (χ4v) is 2.34. The first kappa shape index (κ1) is 14.4. The number of carbonyl (C=O) groups excluding carboxylic acids is 1. The van der Waals surface area contributed by atoms with Crippen LogP contribution in [-0.2, 0) is 4.79 Å². The predicted molar refractivity (Wildman–Crippen MR) is 86.1 cm³/mol. The van der Waals surface area contributed by atoms with Gasteiger partial charge in [-0.3, -0.25) is 9.59 Å². The van der Waals surface area contributed by atoms with Crippen molar-refractivity contribution < 1.29 is 9.21 Å². The van der Waals surface area contributed by atoms with E-state index in [1.54, 1.807) is 30.3 Å². The van der Waals surface area contributed by atoms with Crippen molar-refractivity contribution in [3.63, 3.8) is 0 Å². The Balaban J connectivity index is 1.85. The van der Waals surface area contributed by atoms with E-state index in [-0.39, 0.29) is 11.3 Å². The average molecular weight is 314 g/mol. The Morgan fingerprint density at radius 1 is 1.09 bits per heavy atom. The largest absolute Gasteiger partial charge is 0.464 e. The Kier molecular flexibility index (Phi) is 3.94. The van der Waals surface area contributed by atoms with Gasteiger partial charge in [-0.15, -0.1) is 11.6 Å². The van der Waals surface area contributed by atoms with Crippen LogP contribution in [0.3, 0.4) is 0 Å². The van der Waals surface area contributed by atoms with Crippen molar-refractivity contribution in [3.05, 3.63) is 76.6 Å². The lowest BCUT2D eigenvalue weighted by Crippen LogP contribution is -2.17. The number of hydrogen-bond acceptors (Lipinski definition) is 3. The van der Waals surface area contributed by atoms with Crippen LogP contribution in [0, 0.1) is 0 Å². The molecule has 0 aliphatic rings. The minimum absolute atomic E-state index is 0.164. The monoisotopic (exact) mass is 313 g/mol. The van der Waals surface area contributed by atoms with Gasteiger partial charge in [-0.2, -0.15) is 0 Å². The van der Waals surface area contributed by atoms with Gasteiger partial charge in [0.15, 0.2) is 5.43 Å². The van der Waals surface area contributed by atoms with Crippen LogP contribution in [0.15, 0.2) is 70.1 Å². The van der Waals surface area contributed by atoms with Crippen LogP contribution < -0.4 is 10.7 Å². The van der Waals surface area contributed by atoms with Crippen molar-refractivity contribution >= 4 is 34.2 Å². The molecule has 1 amide bonds. The molecule has 3 aromatic rings. The molecule has 0 radical (unpaired) electrons. The Morgan fingerprint density at radius 2 is 1.86 bits per heavy atom. The van der Waals surface area contributed by atoms with Crippen LogP contribution in [0.5, 0.6) is 0 Å². The number of benzene rings is 2. The molecule has 1 atom stereocenters. The molecular formula is C17H12ClNO3. The summed E-state index contributed by atoms with van der Waals surface area (Å²) < 4.78 is 5.23. The van der Waals surface area contributed by atoms with Crippen LogP contribution >= 0.6 is 11.6 Å². The lowest BCUT2D eigenvalue weighted by molar-refractivity contribution is -0.116. The lowest BCUT2D eigenvalue weighted by Gasteiger charge is -2.11. The van der Waals surface area contributed by atoms with Gasteiger partial charge in [-0.1, -0.05) is 30.3 Å². The van der Waals surface area contributed by atoms with Crippen molar-refractivity contribution in [1.29, 1.82) is 0 Å². The zero-order valence-corrected chi connectivity index (χ0v) is 12.2. The summed E-state index contributed by atoms with van der Waals surface area (Å²) in [4.78, 5) is 24.0. The first-order valence-electron chi connectivity index (χ1n) is 6.66. The smallest absolute Gasteiger partial charge is 0.246 e. The second-order valence-corrected chi connectivity index (χ2v) is 5.19. The number of nitrogens with one attached hydrogen (secondary N) is 1. The average Bonchev–Trinajstić information content (AvgIpc) is 2.55. The van der Waals surface area contributed by atoms with E-state index in [1.165, 1.54) is 12.3 Å². The number of halogens is 1. The molecule has 110 valence electrons. The van der Waals surface area contributed by atoms with Crippen LogP contribution in [-0.4, -0.2) is 5.91 Å². The fourth-order valence-electron chi connectivity index (χ4n) is 2.14. The van der Waals surface area contributed by atoms with E-state index in [1.807, 2.05) is 18.2 Å².